The van der Waals surface area contributed by atoms with Gasteiger partial charge in [-0.1, -0.05) is 25.5 Å². The molecule has 0 aliphatic carbocycles. The first-order valence-corrected chi connectivity index (χ1v) is 10.5. The molecule has 0 aromatic heterocycles. The Morgan fingerprint density at radius 2 is 1.76 bits per heavy atom. The van der Waals surface area contributed by atoms with Crippen LogP contribution in [0.25, 0.3) is 0 Å². The molecule has 0 atom stereocenters. The zero-order chi connectivity index (χ0) is 20.4. The monoisotopic (exact) mass is 515 g/mol. The number of likely N-dealkylation sites (tertiary alicyclic amines) is 1. The van der Waals surface area contributed by atoms with E-state index in [9.17, 15) is 4.79 Å². The molecule has 1 amide bonds. The van der Waals surface area contributed by atoms with E-state index in [1.165, 1.54) is 32.4 Å². The number of halogens is 1. The first-order valence-electron chi connectivity index (χ1n) is 10.5. The molecule has 164 valence electrons. The standard InChI is InChI=1S/C22H37N5O.HI/c1-5-9-20(28)26-19-12-10-18(11-13-19)16-24-21(23-4)25-17-22(2,3)27-14-7-6-8-15-27;/h10-13H,5-9,14-17H2,1-4H3,(H,26,28)(H2,23,24,25);1H. The highest BCUT2D eigenvalue weighted by Crippen LogP contribution is 2.19. The van der Waals surface area contributed by atoms with Crippen LogP contribution in [0.2, 0.25) is 0 Å². The minimum Gasteiger partial charge on any atom is -0.355 e. The number of hydrogen-bond donors (Lipinski definition) is 3. The average molecular weight is 515 g/mol. The molecule has 1 aromatic carbocycles. The maximum Gasteiger partial charge on any atom is 0.224 e. The van der Waals surface area contributed by atoms with E-state index in [4.69, 9.17) is 0 Å². The van der Waals surface area contributed by atoms with Crippen LogP contribution in [0, 0.1) is 0 Å². The molecule has 1 fully saturated rings. The lowest BCUT2D eigenvalue weighted by atomic mass is 9.98. The molecule has 6 nitrogen and oxygen atoms in total. The highest BCUT2D eigenvalue weighted by molar-refractivity contribution is 14.0. The van der Waals surface area contributed by atoms with Crippen LogP contribution in [-0.4, -0.2) is 49.0 Å². The predicted octanol–water partition coefficient (Wildman–Crippen LogP) is 3.97. The van der Waals surface area contributed by atoms with Crippen molar-refractivity contribution in [2.24, 2.45) is 4.99 Å². The summed E-state index contributed by atoms with van der Waals surface area (Å²) in [5, 5.41) is 9.76. The summed E-state index contributed by atoms with van der Waals surface area (Å²) in [4.78, 5) is 18.6. The molecule has 0 bridgehead atoms. The Kier molecular flexibility index (Phi) is 11.6. The third-order valence-corrected chi connectivity index (χ3v) is 5.30. The number of piperidine rings is 1. The molecule has 7 heteroatoms. The fourth-order valence-electron chi connectivity index (χ4n) is 3.47. The number of rotatable bonds is 8. The Morgan fingerprint density at radius 3 is 2.34 bits per heavy atom. The summed E-state index contributed by atoms with van der Waals surface area (Å²) < 4.78 is 0. The minimum atomic E-state index is 0. The first-order chi connectivity index (χ1) is 13.4. The number of carbonyl (C=O) groups excluding carboxylic acids is 1. The molecular weight excluding hydrogens is 477 g/mol. The van der Waals surface area contributed by atoms with Gasteiger partial charge in [0.25, 0.3) is 0 Å². The Balaban J connectivity index is 0.00000420. The maximum absolute atomic E-state index is 11.7. The fourth-order valence-corrected chi connectivity index (χ4v) is 3.47. The number of benzene rings is 1. The Bertz CT molecular complexity index is 639. The minimum absolute atomic E-state index is 0. The molecule has 0 saturated carbocycles. The summed E-state index contributed by atoms with van der Waals surface area (Å²) in [6.45, 7) is 10.5. The summed E-state index contributed by atoms with van der Waals surface area (Å²) in [6.07, 6.45) is 5.36. The zero-order valence-electron chi connectivity index (χ0n) is 18.4. The third kappa shape index (κ3) is 8.90. The lowest BCUT2D eigenvalue weighted by Crippen LogP contribution is -2.54. The van der Waals surface area contributed by atoms with Gasteiger partial charge < -0.3 is 16.0 Å². The number of nitrogens with one attached hydrogen (secondary N) is 3. The highest BCUT2D eigenvalue weighted by atomic mass is 127. The molecule has 0 unspecified atom stereocenters. The van der Waals surface area contributed by atoms with Gasteiger partial charge in [-0.3, -0.25) is 14.7 Å². The van der Waals surface area contributed by atoms with Gasteiger partial charge in [0.2, 0.25) is 5.91 Å². The van der Waals surface area contributed by atoms with Crippen LogP contribution in [0.4, 0.5) is 5.69 Å². The molecule has 1 aliphatic heterocycles. The number of hydrogen-bond acceptors (Lipinski definition) is 3. The van der Waals surface area contributed by atoms with E-state index >= 15 is 0 Å². The van der Waals surface area contributed by atoms with E-state index < -0.39 is 0 Å². The molecule has 0 spiro atoms. The quantitative estimate of drug-likeness (QED) is 0.279. The number of amides is 1. The van der Waals surface area contributed by atoms with Gasteiger partial charge in [0, 0.05) is 37.8 Å². The Labute approximate surface area is 193 Å². The van der Waals surface area contributed by atoms with Gasteiger partial charge in [-0.25, -0.2) is 0 Å². The van der Waals surface area contributed by atoms with Crippen molar-refractivity contribution in [2.75, 3.05) is 32.0 Å². The van der Waals surface area contributed by atoms with Gasteiger partial charge in [0.05, 0.1) is 0 Å². The zero-order valence-corrected chi connectivity index (χ0v) is 20.7. The van der Waals surface area contributed by atoms with Gasteiger partial charge in [0.1, 0.15) is 0 Å². The maximum atomic E-state index is 11.7. The van der Waals surface area contributed by atoms with Crippen LogP contribution in [0.3, 0.4) is 0 Å². The molecule has 29 heavy (non-hydrogen) atoms. The number of carbonyl (C=O) groups is 1. The molecule has 1 aliphatic rings. The molecule has 1 heterocycles. The summed E-state index contributed by atoms with van der Waals surface area (Å²) in [6, 6.07) is 7.94. The normalized spacial score (nSPS) is 15.4. The van der Waals surface area contributed by atoms with Crippen molar-refractivity contribution in [3.63, 3.8) is 0 Å². The topological polar surface area (TPSA) is 68.8 Å². The largest absolute Gasteiger partial charge is 0.355 e. The van der Waals surface area contributed by atoms with Crippen molar-refractivity contribution >= 4 is 41.5 Å². The fraction of sp³-hybridized carbons (Fsp3) is 0.636. The van der Waals surface area contributed by atoms with Crippen LogP contribution in [0.15, 0.2) is 29.3 Å². The summed E-state index contributed by atoms with van der Waals surface area (Å²) >= 11 is 0. The van der Waals surface area contributed by atoms with Crippen LogP contribution >= 0.6 is 24.0 Å². The van der Waals surface area contributed by atoms with Crippen LogP contribution in [-0.2, 0) is 11.3 Å². The van der Waals surface area contributed by atoms with E-state index in [1.807, 2.05) is 31.2 Å². The summed E-state index contributed by atoms with van der Waals surface area (Å²) in [7, 11) is 1.80. The Morgan fingerprint density at radius 1 is 1.10 bits per heavy atom. The second kappa shape index (κ2) is 13.1. The van der Waals surface area contributed by atoms with Gasteiger partial charge in [-0.15, -0.1) is 24.0 Å². The molecule has 2 rings (SSSR count). The van der Waals surface area contributed by atoms with Crippen molar-refractivity contribution in [1.29, 1.82) is 0 Å². The number of aliphatic imine (C=N–C) groups is 1. The van der Waals surface area contributed by atoms with Crippen molar-refractivity contribution in [2.45, 2.75) is 65.0 Å². The Hall–Kier alpha value is -1.35. The molecule has 0 radical (unpaired) electrons. The lowest BCUT2D eigenvalue weighted by molar-refractivity contribution is -0.116. The van der Waals surface area contributed by atoms with Crippen LogP contribution in [0.5, 0.6) is 0 Å². The van der Waals surface area contributed by atoms with E-state index in [-0.39, 0.29) is 35.4 Å². The second-order valence-corrected chi connectivity index (χ2v) is 8.13. The van der Waals surface area contributed by atoms with Crippen molar-refractivity contribution < 1.29 is 4.79 Å². The van der Waals surface area contributed by atoms with E-state index in [2.05, 4.69) is 39.7 Å². The highest BCUT2D eigenvalue weighted by Gasteiger charge is 2.27. The molecule has 1 aromatic rings. The third-order valence-electron chi connectivity index (χ3n) is 5.30. The SMILES string of the molecule is CCCC(=O)Nc1ccc(CNC(=NC)NCC(C)(C)N2CCCCC2)cc1.I. The van der Waals surface area contributed by atoms with Crippen molar-refractivity contribution in [1.82, 2.24) is 15.5 Å². The van der Waals surface area contributed by atoms with E-state index in [0.29, 0.717) is 13.0 Å². The number of nitrogens with zero attached hydrogens (tertiary/aromatic N) is 2. The average Bonchev–Trinajstić information content (AvgIpc) is 2.70. The molecule has 3 N–H and O–H groups in total. The summed E-state index contributed by atoms with van der Waals surface area (Å²) in [5.41, 5.74) is 2.09. The van der Waals surface area contributed by atoms with Crippen molar-refractivity contribution in [3.05, 3.63) is 29.8 Å². The molecular formula is C22H38IN5O. The first kappa shape index (κ1) is 25.7. The number of guanidine groups is 1. The van der Waals surface area contributed by atoms with Gasteiger partial charge in [0.15, 0.2) is 5.96 Å². The smallest absolute Gasteiger partial charge is 0.224 e. The lowest BCUT2D eigenvalue weighted by Gasteiger charge is -2.41. The van der Waals surface area contributed by atoms with Crippen molar-refractivity contribution in [3.8, 4) is 0 Å². The van der Waals surface area contributed by atoms with Gasteiger partial charge in [-0.05, 0) is 63.9 Å². The second-order valence-electron chi connectivity index (χ2n) is 8.13. The van der Waals surface area contributed by atoms with E-state index in [1.54, 1.807) is 7.05 Å². The van der Waals surface area contributed by atoms with Gasteiger partial charge in [-0.2, -0.15) is 0 Å². The van der Waals surface area contributed by atoms with E-state index in [0.717, 1.165) is 30.2 Å². The van der Waals surface area contributed by atoms with Gasteiger partial charge >= 0.3 is 0 Å². The predicted molar refractivity (Wildman–Crippen MR) is 133 cm³/mol. The number of anilines is 1. The van der Waals surface area contributed by atoms with Crippen LogP contribution < -0.4 is 16.0 Å². The summed E-state index contributed by atoms with van der Waals surface area (Å²) in [5.74, 6) is 0.875. The molecule has 1 saturated heterocycles. The van der Waals surface area contributed by atoms with Crippen LogP contribution in [0.1, 0.15) is 58.4 Å².